The second-order valence-electron chi connectivity index (χ2n) is 4.69. The van der Waals surface area contributed by atoms with Crippen LogP contribution in [0.1, 0.15) is 38.1 Å². The molecule has 114 valence electrons. The Morgan fingerprint density at radius 3 is 2.52 bits per heavy atom. The smallest absolute Gasteiger partial charge is 0.0759 e. The number of hydrogen-bond acceptors (Lipinski definition) is 3. The number of nitrogens with zero attached hydrogens (tertiary/aromatic N) is 2. The first-order valence-corrected chi connectivity index (χ1v) is 9.16. The fourth-order valence-electron chi connectivity index (χ4n) is 2.41. The van der Waals surface area contributed by atoms with Gasteiger partial charge < -0.3 is 5.32 Å². The molecule has 2 rings (SSSR count). The summed E-state index contributed by atoms with van der Waals surface area (Å²) >= 11 is 5.51. The second-order valence-corrected chi connectivity index (χ2v) is 6.88. The lowest BCUT2D eigenvalue weighted by atomic mass is 10.0. The molecule has 0 amide bonds. The van der Waals surface area contributed by atoms with Crippen LogP contribution in [0.25, 0.3) is 0 Å². The Bertz CT molecular complexity index is 565. The van der Waals surface area contributed by atoms with Gasteiger partial charge in [0.15, 0.2) is 0 Å². The number of aryl methyl sites for hydroxylation is 1. The maximum Gasteiger partial charge on any atom is 0.0759 e. The second kappa shape index (κ2) is 8.01. The summed E-state index contributed by atoms with van der Waals surface area (Å²) in [7, 11) is 0. The maximum atomic E-state index is 4.44. The van der Waals surface area contributed by atoms with Crippen LogP contribution in [0.15, 0.2) is 39.8 Å². The van der Waals surface area contributed by atoms with Crippen LogP contribution in [-0.4, -0.2) is 22.1 Å². The van der Waals surface area contributed by atoms with Crippen molar-refractivity contribution in [2.24, 2.45) is 0 Å². The van der Waals surface area contributed by atoms with Crippen molar-refractivity contribution in [1.29, 1.82) is 0 Å². The molecule has 1 unspecified atom stereocenters. The molecule has 0 bridgehead atoms. The Hall–Kier alpha value is -0.780. The van der Waals surface area contributed by atoms with Crippen molar-refractivity contribution in [2.75, 3.05) is 12.3 Å². The van der Waals surface area contributed by atoms with E-state index in [1.54, 1.807) is 0 Å². The topological polar surface area (TPSA) is 29.9 Å². The van der Waals surface area contributed by atoms with Crippen LogP contribution in [0.5, 0.6) is 0 Å². The zero-order chi connectivity index (χ0) is 15.2. The lowest BCUT2D eigenvalue weighted by molar-refractivity contribution is 0.540. The highest BCUT2D eigenvalue weighted by atomic mass is 79.9. The molecule has 1 heterocycles. The van der Waals surface area contributed by atoms with Gasteiger partial charge in [-0.05, 0) is 52.8 Å². The fraction of sp³-hybridized carbons (Fsp3) is 0.438. The SMILES string of the molecule is CCNC(c1ccc(SCC)cc1)c1c(Br)cnn1CC. The van der Waals surface area contributed by atoms with E-state index in [0.29, 0.717) is 0 Å². The largest absolute Gasteiger partial charge is 0.305 e. The van der Waals surface area contributed by atoms with Crippen molar-refractivity contribution < 1.29 is 0 Å². The molecular weight excluding hydrogens is 346 g/mol. The molecule has 1 N–H and O–H groups in total. The van der Waals surface area contributed by atoms with E-state index < -0.39 is 0 Å². The van der Waals surface area contributed by atoms with Crippen molar-refractivity contribution >= 4 is 27.7 Å². The standard InChI is InChI=1S/C16H22BrN3S/c1-4-18-15(16-14(17)11-19-20(16)5-2)12-7-9-13(10-8-12)21-6-3/h7-11,15,18H,4-6H2,1-3H3. The molecule has 0 saturated carbocycles. The van der Waals surface area contributed by atoms with E-state index in [1.807, 2.05) is 22.6 Å². The van der Waals surface area contributed by atoms with E-state index in [1.165, 1.54) is 16.2 Å². The predicted molar refractivity (Wildman–Crippen MR) is 94.0 cm³/mol. The van der Waals surface area contributed by atoms with Gasteiger partial charge in [0, 0.05) is 11.4 Å². The van der Waals surface area contributed by atoms with Crippen molar-refractivity contribution in [2.45, 2.75) is 38.3 Å². The van der Waals surface area contributed by atoms with E-state index in [9.17, 15) is 0 Å². The summed E-state index contributed by atoms with van der Waals surface area (Å²) in [6.45, 7) is 8.21. The number of hydrogen-bond donors (Lipinski definition) is 1. The van der Waals surface area contributed by atoms with Gasteiger partial charge in [0.25, 0.3) is 0 Å². The summed E-state index contributed by atoms with van der Waals surface area (Å²) in [5.74, 6) is 1.10. The van der Waals surface area contributed by atoms with Gasteiger partial charge in [-0.2, -0.15) is 5.10 Å². The Morgan fingerprint density at radius 1 is 1.24 bits per heavy atom. The molecule has 0 fully saturated rings. The average Bonchev–Trinajstić information content (AvgIpc) is 2.87. The Morgan fingerprint density at radius 2 is 1.95 bits per heavy atom. The van der Waals surface area contributed by atoms with Crippen molar-refractivity contribution in [3.63, 3.8) is 0 Å². The first-order chi connectivity index (χ1) is 10.2. The summed E-state index contributed by atoms with van der Waals surface area (Å²) < 4.78 is 3.11. The van der Waals surface area contributed by atoms with Gasteiger partial charge in [0.05, 0.1) is 22.4 Å². The lowest BCUT2D eigenvalue weighted by Gasteiger charge is -2.20. The van der Waals surface area contributed by atoms with Gasteiger partial charge in [0.1, 0.15) is 0 Å². The minimum absolute atomic E-state index is 0.160. The van der Waals surface area contributed by atoms with Gasteiger partial charge in [-0.1, -0.05) is 26.0 Å². The third kappa shape index (κ3) is 3.90. The van der Waals surface area contributed by atoms with Gasteiger partial charge >= 0.3 is 0 Å². The first kappa shape index (κ1) is 16.6. The molecule has 1 atom stereocenters. The number of nitrogens with one attached hydrogen (secondary N) is 1. The lowest BCUT2D eigenvalue weighted by Crippen LogP contribution is -2.25. The summed E-state index contributed by atoms with van der Waals surface area (Å²) in [6.07, 6.45) is 1.88. The number of rotatable bonds is 7. The Balaban J connectivity index is 2.36. The van der Waals surface area contributed by atoms with Crippen molar-refractivity contribution in [3.05, 3.63) is 46.2 Å². The van der Waals surface area contributed by atoms with E-state index in [4.69, 9.17) is 0 Å². The normalized spacial score (nSPS) is 12.6. The van der Waals surface area contributed by atoms with E-state index in [2.05, 4.69) is 71.4 Å². The van der Waals surface area contributed by atoms with Crippen LogP contribution in [0.3, 0.4) is 0 Å². The van der Waals surface area contributed by atoms with Gasteiger partial charge in [-0.15, -0.1) is 11.8 Å². The molecule has 0 radical (unpaired) electrons. The molecule has 21 heavy (non-hydrogen) atoms. The minimum Gasteiger partial charge on any atom is -0.305 e. The van der Waals surface area contributed by atoms with Crippen LogP contribution >= 0.6 is 27.7 Å². The van der Waals surface area contributed by atoms with Crippen LogP contribution < -0.4 is 5.32 Å². The summed E-state index contributed by atoms with van der Waals surface area (Å²) in [5, 5.41) is 8.01. The molecule has 0 aliphatic carbocycles. The zero-order valence-corrected chi connectivity index (χ0v) is 15.2. The zero-order valence-electron chi connectivity index (χ0n) is 12.8. The molecule has 1 aromatic heterocycles. The molecule has 0 spiro atoms. The Labute approximate surface area is 139 Å². The van der Waals surface area contributed by atoms with Crippen LogP contribution in [-0.2, 0) is 6.54 Å². The molecule has 0 aliphatic rings. The van der Waals surface area contributed by atoms with Gasteiger partial charge in [-0.3, -0.25) is 4.68 Å². The highest BCUT2D eigenvalue weighted by molar-refractivity contribution is 9.10. The van der Waals surface area contributed by atoms with Crippen LogP contribution in [0.2, 0.25) is 0 Å². The maximum absolute atomic E-state index is 4.44. The molecule has 5 heteroatoms. The third-order valence-electron chi connectivity index (χ3n) is 3.34. The molecule has 0 aliphatic heterocycles. The molecule has 3 nitrogen and oxygen atoms in total. The third-order valence-corrected chi connectivity index (χ3v) is 4.84. The highest BCUT2D eigenvalue weighted by Gasteiger charge is 2.20. The number of halogens is 1. The van der Waals surface area contributed by atoms with Crippen LogP contribution in [0.4, 0.5) is 0 Å². The molecule has 1 aromatic carbocycles. The van der Waals surface area contributed by atoms with Crippen LogP contribution in [0, 0.1) is 0 Å². The number of aromatic nitrogens is 2. The molecule has 0 saturated heterocycles. The predicted octanol–water partition coefficient (Wildman–Crippen LogP) is 4.48. The molecule has 2 aromatic rings. The Kier molecular flexibility index (Phi) is 6.33. The summed E-state index contributed by atoms with van der Waals surface area (Å²) in [5.41, 5.74) is 2.46. The van der Waals surface area contributed by atoms with E-state index in [0.717, 1.165) is 23.3 Å². The molecular formula is C16H22BrN3S. The fourth-order valence-corrected chi connectivity index (χ4v) is 3.60. The highest BCUT2D eigenvalue weighted by Crippen LogP contribution is 2.30. The number of thioether (sulfide) groups is 1. The summed E-state index contributed by atoms with van der Waals surface area (Å²) in [4.78, 5) is 1.32. The summed E-state index contributed by atoms with van der Waals surface area (Å²) in [6, 6.07) is 8.99. The average molecular weight is 368 g/mol. The minimum atomic E-state index is 0.160. The monoisotopic (exact) mass is 367 g/mol. The first-order valence-electron chi connectivity index (χ1n) is 7.38. The van der Waals surface area contributed by atoms with Gasteiger partial charge in [0.2, 0.25) is 0 Å². The van der Waals surface area contributed by atoms with E-state index in [-0.39, 0.29) is 6.04 Å². The van der Waals surface area contributed by atoms with Gasteiger partial charge in [-0.25, -0.2) is 0 Å². The van der Waals surface area contributed by atoms with Crippen molar-refractivity contribution in [3.8, 4) is 0 Å². The number of benzene rings is 1. The van der Waals surface area contributed by atoms with E-state index >= 15 is 0 Å². The van der Waals surface area contributed by atoms with Crippen molar-refractivity contribution in [1.82, 2.24) is 15.1 Å². The quantitative estimate of drug-likeness (QED) is 0.731.